The van der Waals surface area contributed by atoms with Crippen LogP contribution >= 0.6 is 11.6 Å². The van der Waals surface area contributed by atoms with Crippen LogP contribution in [0.2, 0.25) is 5.02 Å². The van der Waals surface area contributed by atoms with Gasteiger partial charge in [-0.2, -0.15) is 0 Å². The molecule has 1 amide bonds. The summed E-state index contributed by atoms with van der Waals surface area (Å²) in [6, 6.07) is 5.90. The number of carbonyl (C=O) groups is 2. The lowest BCUT2D eigenvalue weighted by atomic mass is 10.4. The highest BCUT2D eigenvalue weighted by Crippen LogP contribution is 2.15. The summed E-state index contributed by atoms with van der Waals surface area (Å²) in [5.41, 5.74) is 0. The number of methoxy groups -OCH3 is 1. The van der Waals surface area contributed by atoms with Gasteiger partial charge in [-0.25, -0.2) is 13.2 Å². The fraction of sp³-hybridized carbons (Fsp3) is 0.286. The summed E-state index contributed by atoms with van der Waals surface area (Å²) in [7, 11) is -2.21. The molecule has 0 atom stereocenters. The molecule has 0 bridgehead atoms. The summed E-state index contributed by atoms with van der Waals surface area (Å²) in [4.78, 5) is 22.3. The number of esters is 1. The van der Waals surface area contributed by atoms with E-state index < -0.39 is 21.7 Å². The molecule has 0 radical (unpaired) electrons. The molecular formula is C14H16ClNO5S. The molecule has 0 fully saturated rings. The number of sulfone groups is 1. The van der Waals surface area contributed by atoms with Crippen molar-refractivity contribution in [2.45, 2.75) is 11.3 Å². The number of ether oxygens (including phenoxy) is 1. The van der Waals surface area contributed by atoms with Crippen LogP contribution in [0.25, 0.3) is 0 Å². The van der Waals surface area contributed by atoms with E-state index in [4.69, 9.17) is 11.6 Å². The topological polar surface area (TPSA) is 89.5 Å². The summed E-state index contributed by atoms with van der Waals surface area (Å²) in [6.45, 7) is 0.178. The first-order chi connectivity index (χ1) is 10.3. The predicted octanol–water partition coefficient (Wildman–Crippen LogP) is 1.35. The maximum atomic E-state index is 12.0. The lowest BCUT2D eigenvalue weighted by Crippen LogP contribution is -2.24. The van der Waals surface area contributed by atoms with Gasteiger partial charge >= 0.3 is 5.97 Å². The van der Waals surface area contributed by atoms with Crippen molar-refractivity contribution in [2.24, 2.45) is 0 Å². The highest BCUT2D eigenvalue weighted by molar-refractivity contribution is 7.91. The first-order valence-corrected chi connectivity index (χ1v) is 8.40. The Hall–Kier alpha value is -1.86. The van der Waals surface area contributed by atoms with Crippen LogP contribution in [0, 0.1) is 0 Å². The second kappa shape index (κ2) is 8.55. The Morgan fingerprint density at radius 3 is 2.45 bits per heavy atom. The van der Waals surface area contributed by atoms with Gasteiger partial charge in [-0.15, -0.1) is 0 Å². The Morgan fingerprint density at radius 1 is 1.23 bits per heavy atom. The van der Waals surface area contributed by atoms with E-state index in [1.54, 1.807) is 0 Å². The van der Waals surface area contributed by atoms with Crippen molar-refractivity contribution in [2.75, 3.05) is 19.4 Å². The van der Waals surface area contributed by atoms with E-state index in [9.17, 15) is 18.0 Å². The number of hydrogen-bond donors (Lipinski definition) is 1. The zero-order valence-electron chi connectivity index (χ0n) is 11.9. The molecule has 0 unspecified atom stereocenters. The molecule has 0 aromatic heterocycles. The number of rotatable bonds is 7. The Kier molecular flexibility index (Phi) is 7.07. The van der Waals surface area contributed by atoms with Crippen LogP contribution in [0.5, 0.6) is 0 Å². The van der Waals surface area contributed by atoms with Crippen molar-refractivity contribution >= 4 is 33.3 Å². The Balaban J connectivity index is 2.40. The lowest BCUT2D eigenvalue weighted by Gasteiger charge is -2.05. The zero-order valence-corrected chi connectivity index (χ0v) is 13.5. The largest absolute Gasteiger partial charge is 0.466 e. The summed E-state index contributed by atoms with van der Waals surface area (Å²) in [5.74, 6) is -1.23. The second-order valence-corrected chi connectivity index (χ2v) is 6.82. The van der Waals surface area contributed by atoms with Gasteiger partial charge in [-0.05, 0) is 30.7 Å². The monoisotopic (exact) mass is 345 g/mol. The summed E-state index contributed by atoms with van der Waals surface area (Å²) < 4.78 is 28.4. The maximum Gasteiger partial charge on any atom is 0.330 e. The SMILES string of the molecule is COC(=O)/C=C/C(=O)NCCCS(=O)(=O)c1ccc(Cl)cc1. The third-order valence-electron chi connectivity index (χ3n) is 2.63. The minimum absolute atomic E-state index is 0.102. The lowest BCUT2D eigenvalue weighted by molar-refractivity contribution is -0.135. The Bertz CT molecular complexity index is 652. The summed E-state index contributed by atoms with van der Waals surface area (Å²) in [6.07, 6.45) is 2.27. The van der Waals surface area contributed by atoms with Crippen molar-refractivity contribution in [1.82, 2.24) is 5.32 Å². The number of amides is 1. The van der Waals surface area contributed by atoms with Gasteiger partial charge in [0.15, 0.2) is 9.84 Å². The maximum absolute atomic E-state index is 12.0. The average molecular weight is 346 g/mol. The molecule has 0 heterocycles. The van der Waals surface area contributed by atoms with E-state index >= 15 is 0 Å². The predicted molar refractivity (Wildman–Crippen MR) is 82.3 cm³/mol. The van der Waals surface area contributed by atoms with E-state index in [-0.39, 0.29) is 23.6 Å². The second-order valence-electron chi connectivity index (χ2n) is 4.27. The Morgan fingerprint density at radius 2 is 1.86 bits per heavy atom. The first kappa shape index (κ1) is 18.2. The number of hydrogen-bond acceptors (Lipinski definition) is 5. The molecular weight excluding hydrogens is 330 g/mol. The van der Waals surface area contributed by atoms with Crippen molar-refractivity contribution in [3.05, 3.63) is 41.4 Å². The van der Waals surface area contributed by atoms with Crippen LogP contribution < -0.4 is 5.32 Å². The molecule has 0 saturated heterocycles. The van der Waals surface area contributed by atoms with Gasteiger partial charge in [0.2, 0.25) is 5.91 Å². The van der Waals surface area contributed by atoms with Gasteiger partial charge in [0, 0.05) is 23.7 Å². The van der Waals surface area contributed by atoms with E-state index in [2.05, 4.69) is 10.1 Å². The van der Waals surface area contributed by atoms with Crippen LogP contribution in [-0.4, -0.2) is 39.7 Å². The van der Waals surface area contributed by atoms with Crippen molar-refractivity contribution in [1.29, 1.82) is 0 Å². The molecule has 0 aliphatic heterocycles. The van der Waals surface area contributed by atoms with Crippen LogP contribution in [0.4, 0.5) is 0 Å². The molecule has 6 nitrogen and oxygen atoms in total. The third kappa shape index (κ3) is 6.28. The van der Waals surface area contributed by atoms with Crippen LogP contribution in [0.3, 0.4) is 0 Å². The quantitative estimate of drug-likeness (QED) is 0.457. The molecule has 0 aliphatic carbocycles. The van der Waals surface area contributed by atoms with Gasteiger partial charge in [0.25, 0.3) is 0 Å². The number of halogens is 1. The van der Waals surface area contributed by atoms with Gasteiger partial charge in [0.1, 0.15) is 0 Å². The minimum Gasteiger partial charge on any atom is -0.466 e. The molecule has 22 heavy (non-hydrogen) atoms. The fourth-order valence-electron chi connectivity index (χ4n) is 1.50. The molecule has 1 aromatic carbocycles. The van der Waals surface area contributed by atoms with Gasteiger partial charge < -0.3 is 10.1 Å². The smallest absolute Gasteiger partial charge is 0.330 e. The van der Waals surface area contributed by atoms with Gasteiger partial charge in [0.05, 0.1) is 17.8 Å². The molecule has 8 heteroatoms. The molecule has 1 N–H and O–H groups in total. The molecule has 1 rings (SSSR count). The van der Waals surface area contributed by atoms with Gasteiger partial charge in [-0.3, -0.25) is 4.79 Å². The minimum atomic E-state index is -3.41. The normalized spacial score (nSPS) is 11.4. The van der Waals surface area contributed by atoms with Crippen molar-refractivity contribution in [3.63, 3.8) is 0 Å². The zero-order chi connectivity index (χ0) is 16.6. The number of benzene rings is 1. The molecule has 0 spiro atoms. The standard InChI is InChI=1S/C14H16ClNO5S/c1-21-14(18)8-7-13(17)16-9-2-10-22(19,20)12-5-3-11(15)4-6-12/h3-8H,2,9-10H2,1H3,(H,16,17)/b8-7+. The fourth-order valence-corrected chi connectivity index (χ4v) is 2.94. The van der Waals surface area contributed by atoms with Crippen molar-refractivity contribution < 1.29 is 22.7 Å². The summed E-state index contributed by atoms with van der Waals surface area (Å²) >= 11 is 5.70. The highest BCUT2D eigenvalue weighted by atomic mass is 35.5. The molecule has 1 aromatic rings. The average Bonchev–Trinajstić information content (AvgIpc) is 2.49. The molecule has 120 valence electrons. The molecule has 0 aliphatic rings. The van der Waals surface area contributed by atoms with Gasteiger partial charge in [-0.1, -0.05) is 11.6 Å². The van der Waals surface area contributed by atoms with E-state index in [0.29, 0.717) is 5.02 Å². The number of carbonyl (C=O) groups excluding carboxylic acids is 2. The van der Waals surface area contributed by atoms with Crippen LogP contribution in [0.1, 0.15) is 6.42 Å². The Labute approximate surface area is 134 Å². The highest BCUT2D eigenvalue weighted by Gasteiger charge is 2.13. The van der Waals surface area contributed by atoms with Crippen LogP contribution in [-0.2, 0) is 24.2 Å². The van der Waals surface area contributed by atoms with E-state index in [1.165, 1.54) is 31.4 Å². The first-order valence-electron chi connectivity index (χ1n) is 6.37. The van der Waals surface area contributed by atoms with Crippen LogP contribution in [0.15, 0.2) is 41.3 Å². The van der Waals surface area contributed by atoms with E-state index in [1.807, 2.05) is 0 Å². The van der Waals surface area contributed by atoms with E-state index in [0.717, 1.165) is 12.2 Å². The molecule has 0 saturated carbocycles. The number of nitrogens with one attached hydrogen (secondary N) is 1. The summed E-state index contributed by atoms with van der Waals surface area (Å²) in [5, 5.41) is 2.94. The third-order valence-corrected chi connectivity index (χ3v) is 4.70. The van der Waals surface area contributed by atoms with Crippen molar-refractivity contribution in [3.8, 4) is 0 Å².